The maximum atomic E-state index is 12.8. The summed E-state index contributed by atoms with van der Waals surface area (Å²) in [6.07, 6.45) is 7.55. The summed E-state index contributed by atoms with van der Waals surface area (Å²) in [5.74, 6) is 0.369. The highest BCUT2D eigenvalue weighted by atomic mass is 16.5. The molecule has 6 nitrogen and oxygen atoms in total. The van der Waals surface area contributed by atoms with Crippen molar-refractivity contribution < 1.29 is 28.6 Å². The van der Waals surface area contributed by atoms with E-state index in [9.17, 15) is 14.4 Å². The van der Waals surface area contributed by atoms with Gasteiger partial charge in [0.2, 0.25) is 0 Å². The SMILES string of the molecule is CC=CCc1cc(C=CC(=O)c2ccc(OC(=O)C(C)(C)C)cc2)c(OC)cc1OC(=O)C(C)(C)C. The first-order valence-electron chi connectivity index (χ1n) is 11.9. The van der Waals surface area contributed by atoms with E-state index in [1.54, 1.807) is 78.0 Å². The third kappa shape index (κ3) is 7.94. The van der Waals surface area contributed by atoms with Gasteiger partial charge in [-0.25, -0.2) is 0 Å². The molecule has 0 saturated heterocycles. The normalized spacial score (nSPS) is 12.1. The maximum absolute atomic E-state index is 12.8. The molecule has 0 amide bonds. The summed E-state index contributed by atoms with van der Waals surface area (Å²) in [6, 6.07) is 9.94. The molecular weight excluding hydrogens is 456 g/mol. The van der Waals surface area contributed by atoms with Gasteiger partial charge in [-0.3, -0.25) is 14.4 Å². The Hall–Kier alpha value is -3.67. The number of carbonyl (C=O) groups excluding carboxylic acids is 3. The molecule has 192 valence electrons. The van der Waals surface area contributed by atoms with Crippen LogP contribution in [0.5, 0.6) is 17.2 Å². The molecule has 0 aliphatic heterocycles. The van der Waals surface area contributed by atoms with Crippen LogP contribution in [0.1, 0.15) is 70.0 Å². The van der Waals surface area contributed by atoms with Gasteiger partial charge in [0, 0.05) is 17.2 Å². The highest BCUT2D eigenvalue weighted by Gasteiger charge is 2.25. The second-order valence-electron chi connectivity index (χ2n) is 10.5. The number of ether oxygens (including phenoxy) is 3. The van der Waals surface area contributed by atoms with E-state index in [0.29, 0.717) is 34.8 Å². The Morgan fingerprint density at radius 1 is 0.833 bits per heavy atom. The fourth-order valence-corrected chi connectivity index (χ4v) is 2.89. The van der Waals surface area contributed by atoms with Crippen LogP contribution in [-0.2, 0) is 16.0 Å². The van der Waals surface area contributed by atoms with Crippen molar-refractivity contribution in [2.75, 3.05) is 7.11 Å². The topological polar surface area (TPSA) is 78.9 Å². The summed E-state index contributed by atoms with van der Waals surface area (Å²) in [5, 5.41) is 0. The summed E-state index contributed by atoms with van der Waals surface area (Å²) in [7, 11) is 1.52. The van der Waals surface area contributed by atoms with Crippen LogP contribution in [0.4, 0.5) is 0 Å². The lowest BCUT2D eigenvalue weighted by Crippen LogP contribution is -2.26. The van der Waals surface area contributed by atoms with Crippen molar-refractivity contribution in [1.29, 1.82) is 0 Å². The Morgan fingerprint density at radius 3 is 1.94 bits per heavy atom. The Bertz CT molecular complexity index is 1160. The number of allylic oxidation sites excluding steroid dienone is 3. The van der Waals surface area contributed by atoms with Crippen molar-refractivity contribution in [1.82, 2.24) is 0 Å². The lowest BCUT2D eigenvalue weighted by Gasteiger charge is -2.19. The summed E-state index contributed by atoms with van der Waals surface area (Å²) in [4.78, 5) is 37.3. The first kappa shape index (κ1) is 28.6. The van der Waals surface area contributed by atoms with E-state index in [2.05, 4.69) is 0 Å². The average molecular weight is 493 g/mol. The molecular formula is C30H36O6. The predicted molar refractivity (Wildman–Crippen MR) is 141 cm³/mol. The highest BCUT2D eigenvalue weighted by molar-refractivity contribution is 6.07. The Labute approximate surface area is 214 Å². The Kier molecular flexibility index (Phi) is 9.40. The average Bonchev–Trinajstić information content (AvgIpc) is 2.80. The minimum atomic E-state index is -0.656. The van der Waals surface area contributed by atoms with Crippen molar-refractivity contribution in [3.05, 3.63) is 71.3 Å². The van der Waals surface area contributed by atoms with Crippen molar-refractivity contribution in [3.8, 4) is 17.2 Å². The van der Waals surface area contributed by atoms with E-state index >= 15 is 0 Å². The van der Waals surface area contributed by atoms with Gasteiger partial charge in [-0.1, -0.05) is 12.2 Å². The molecule has 2 rings (SSSR count). The number of methoxy groups -OCH3 is 1. The van der Waals surface area contributed by atoms with Crippen molar-refractivity contribution >= 4 is 23.8 Å². The van der Waals surface area contributed by atoms with Crippen LogP contribution in [0.3, 0.4) is 0 Å². The molecule has 6 heteroatoms. The molecule has 0 N–H and O–H groups in total. The molecule has 0 radical (unpaired) electrons. The molecule has 0 heterocycles. The Morgan fingerprint density at radius 2 is 1.42 bits per heavy atom. The third-order valence-electron chi connectivity index (χ3n) is 5.18. The first-order valence-corrected chi connectivity index (χ1v) is 11.9. The molecule has 2 aromatic rings. The standard InChI is InChI=1S/C30H36O6/c1-9-10-11-21-18-22(25(34-8)19-26(21)36-28(33)30(5,6)7)14-17-24(31)20-12-15-23(16-13-20)35-27(32)29(2,3)4/h9-10,12-19H,11H2,1-8H3. The van der Waals surface area contributed by atoms with Crippen LogP contribution in [-0.4, -0.2) is 24.8 Å². The zero-order valence-electron chi connectivity index (χ0n) is 22.4. The molecule has 0 saturated carbocycles. The van der Waals surface area contributed by atoms with Gasteiger partial charge < -0.3 is 14.2 Å². The molecule has 0 bridgehead atoms. The number of carbonyl (C=O) groups is 3. The van der Waals surface area contributed by atoms with Gasteiger partial charge in [0.1, 0.15) is 17.2 Å². The molecule has 0 aromatic heterocycles. The largest absolute Gasteiger partial charge is 0.496 e. The number of ketones is 1. The van der Waals surface area contributed by atoms with Crippen LogP contribution in [0.25, 0.3) is 6.08 Å². The monoisotopic (exact) mass is 492 g/mol. The predicted octanol–water partition coefficient (Wildman–Crippen LogP) is 6.61. The van der Waals surface area contributed by atoms with Gasteiger partial charge in [0.25, 0.3) is 0 Å². The van der Waals surface area contributed by atoms with Crippen molar-refractivity contribution in [3.63, 3.8) is 0 Å². The fourth-order valence-electron chi connectivity index (χ4n) is 2.89. The van der Waals surface area contributed by atoms with Crippen LogP contribution in [0.2, 0.25) is 0 Å². The molecule has 0 atom stereocenters. The van der Waals surface area contributed by atoms with Crippen LogP contribution < -0.4 is 14.2 Å². The number of benzene rings is 2. The molecule has 0 unspecified atom stereocenters. The number of rotatable bonds is 8. The summed E-state index contributed by atoms with van der Waals surface area (Å²) < 4.78 is 16.5. The van der Waals surface area contributed by atoms with Gasteiger partial charge in [-0.05, 0) is 103 Å². The summed E-state index contributed by atoms with van der Waals surface area (Å²) >= 11 is 0. The fraction of sp³-hybridized carbons (Fsp3) is 0.367. The molecule has 2 aromatic carbocycles. The minimum absolute atomic E-state index is 0.219. The smallest absolute Gasteiger partial charge is 0.316 e. The van der Waals surface area contributed by atoms with Gasteiger partial charge >= 0.3 is 11.9 Å². The molecule has 36 heavy (non-hydrogen) atoms. The van der Waals surface area contributed by atoms with E-state index in [1.165, 1.54) is 13.2 Å². The van der Waals surface area contributed by atoms with Gasteiger partial charge in [-0.2, -0.15) is 0 Å². The number of hydrogen-bond donors (Lipinski definition) is 0. The molecule has 0 aliphatic rings. The summed E-state index contributed by atoms with van der Waals surface area (Å²) in [6.45, 7) is 12.6. The van der Waals surface area contributed by atoms with Gasteiger partial charge in [0.05, 0.1) is 17.9 Å². The van der Waals surface area contributed by atoms with Crippen LogP contribution in [0.15, 0.2) is 54.6 Å². The van der Waals surface area contributed by atoms with E-state index in [1.807, 2.05) is 25.1 Å². The van der Waals surface area contributed by atoms with Gasteiger partial charge in [0.15, 0.2) is 5.78 Å². The lowest BCUT2D eigenvalue weighted by molar-refractivity contribution is -0.143. The number of hydrogen-bond acceptors (Lipinski definition) is 6. The van der Waals surface area contributed by atoms with Crippen LogP contribution >= 0.6 is 0 Å². The summed E-state index contributed by atoms with van der Waals surface area (Å²) in [5.41, 5.74) is 0.644. The maximum Gasteiger partial charge on any atom is 0.316 e. The molecule has 0 fully saturated rings. The van der Waals surface area contributed by atoms with E-state index < -0.39 is 10.8 Å². The second kappa shape index (κ2) is 11.8. The van der Waals surface area contributed by atoms with Crippen molar-refractivity contribution in [2.45, 2.75) is 54.9 Å². The molecule has 0 aliphatic carbocycles. The van der Waals surface area contributed by atoms with Crippen LogP contribution in [0, 0.1) is 10.8 Å². The zero-order chi connectivity index (χ0) is 27.1. The van der Waals surface area contributed by atoms with Gasteiger partial charge in [-0.15, -0.1) is 0 Å². The molecule has 0 spiro atoms. The van der Waals surface area contributed by atoms with E-state index in [4.69, 9.17) is 14.2 Å². The van der Waals surface area contributed by atoms with E-state index in [-0.39, 0.29) is 17.7 Å². The lowest BCUT2D eigenvalue weighted by atomic mass is 9.97. The van der Waals surface area contributed by atoms with Crippen molar-refractivity contribution in [2.24, 2.45) is 10.8 Å². The first-order chi connectivity index (χ1) is 16.8. The number of esters is 2. The third-order valence-corrected chi connectivity index (χ3v) is 5.18. The zero-order valence-corrected chi connectivity index (χ0v) is 22.4. The van der Waals surface area contributed by atoms with E-state index in [0.717, 1.165) is 5.56 Å². The second-order valence-corrected chi connectivity index (χ2v) is 10.5. The minimum Gasteiger partial charge on any atom is -0.496 e. The Balaban J connectivity index is 2.29. The quantitative estimate of drug-likeness (QED) is 0.136. The highest BCUT2D eigenvalue weighted by Crippen LogP contribution is 2.32.